The number of piperidine rings is 1. The zero-order chi connectivity index (χ0) is 24.1. The quantitative estimate of drug-likeness (QED) is 0.315. The number of allylic oxidation sites excluding steroid dienone is 1. The first-order valence-corrected chi connectivity index (χ1v) is 10.6. The third kappa shape index (κ3) is 8.15. The monoisotopic (exact) mass is 465 g/mol. The number of likely N-dealkylation sites (tertiary alicyclic amines) is 1. The number of carboxylic acid groups (broad SMARTS) is 1. The molecular weight excluding hydrogens is 436 g/mol. The largest absolute Gasteiger partial charge is 0.481 e. The standard InChI is InChI=1S/C23H29F6NO2/c1-15(2)3-8-19(9-11-22(24,25)26)30-12-10-16(14-21(31)32)13-20(30)17-4-6-18(7-5-17)23(27,28)29/h4-7,16,19-20H,1,3,8-14H2,2H3,(H,31,32)/t16?,19-,20+/m1/s1. The van der Waals surface area contributed by atoms with Crippen LogP contribution in [0.15, 0.2) is 36.4 Å². The number of benzene rings is 1. The fraction of sp³-hybridized carbons (Fsp3) is 0.609. The molecule has 1 aliphatic heterocycles. The molecule has 1 heterocycles. The van der Waals surface area contributed by atoms with Crippen molar-refractivity contribution in [3.8, 4) is 0 Å². The van der Waals surface area contributed by atoms with Crippen LogP contribution in [-0.2, 0) is 11.0 Å². The molecule has 1 unspecified atom stereocenters. The van der Waals surface area contributed by atoms with E-state index in [2.05, 4.69) is 6.58 Å². The Morgan fingerprint density at radius 3 is 2.28 bits per heavy atom. The van der Waals surface area contributed by atoms with Crippen molar-refractivity contribution in [3.63, 3.8) is 0 Å². The molecular formula is C23H29F6NO2. The second kappa shape index (κ2) is 10.7. The Balaban J connectivity index is 2.33. The number of aliphatic carboxylic acids is 1. The maximum atomic E-state index is 13.0. The van der Waals surface area contributed by atoms with Crippen molar-refractivity contribution < 1.29 is 36.2 Å². The average molecular weight is 465 g/mol. The van der Waals surface area contributed by atoms with Gasteiger partial charge in [-0.15, -0.1) is 6.58 Å². The highest BCUT2D eigenvalue weighted by atomic mass is 19.4. The van der Waals surface area contributed by atoms with Crippen LogP contribution in [0.1, 0.15) is 69.0 Å². The van der Waals surface area contributed by atoms with Gasteiger partial charge < -0.3 is 5.11 Å². The van der Waals surface area contributed by atoms with E-state index in [4.69, 9.17) is 5.11 Å². The maximum Gasteiger partial charge on any atom is 0.416 e. The molecule has 1 N–H and O–H groups in total. The molecule has 1 fully saturated rings. The summed E-state index contributed by atoms with van der Waals surface area (Å²) >= 11 is 0. The molecule has 0 aromatic heterocycles. The normalized spacial score (nSPS) is 21.3. The van der Waals surface area contributed by atoms with Crippen molar-refractivity contribution in [1.29, 1.82) is 0 Å². The Kier molecular flexibility index (Phi) is 8.79. The lowest BCUT2D eigenvalue weighted by atomic mass is 9.83. The van der Waals surface area contributed by atoms with Gasteiger partial charge in [0.2, 0.25) is 0 Å². The highest BCUT2D eigenvalue weighted by molar-refractivity contribution is 5.67. The van der Waals surface area contributed by atoms with Gasteiger partial charge in [0.25, 0.3) is 0 Å². The predicted octanol–water partition coefficient (Wildman–Crippen LogP) is 7.00. The molecule has 1 aliphatic rings. The van der Waals surface area contributed by atoms with Crippen LogP contribution in [0.5, 0.6) is 0 Å². The summed E-state index contributed by atoms with van der Waals surface area (Å²) < 4.78 is 77.8. The van der Waals surface area contributed by atoms with Crippen molar-refractivity contribution in [2.75, 3.05) is 6.54 Å². The van der Waals surface area contributed by atoms with Gasteiger partial charge in [-0.05, 0) is 69.2 Å². The van der Waals surface area contributed by atoms with Crippen molar-refractivity contribution in [1.82, 2.24) is 4.90 Å². The van der Waals surface area contributed by atoms with Crippen LogP contribution in [0.3, 0.4) is 0 Å². The van der Waals surface area contributed by atoms with E-state index in [1.807, 2.05) is 4.90 Å². The van der Waals surface area contributed by atoms with E-state index in [1.54, 1.807) is 6.92 Å². The van der Waals surface area contributed by atoms with Gasteiger partial charge in [0, 0.05) is 24.9 Å². The third-order valence-corrected chi connectivity index (χ3v) is 5.97. The predicted molar refractivity (Wildman–Crippen MR) is 109 cm³/mol. The van der Waals surface area contributed by atoms with Crippen LogP contribution in [0.25, 0.3) is 0 Å². The minimum atomic E-state index is -4.49. The summed E-state index contributed by atoms with van der Waals surface area (Å²) in [5, 5.41) is 9.17. The highest BCUT2D eigenvalue weighted by Gasteiger charge is 2.37. The van der Waals surface area contributed by atoms with Gasteiger partial charge in [-0.25, -0.2) is 0 Å². The molecule has 32 heavy (non-hydrogen) atoms. The Bertz CT molecular complexity index is 772. The minimum absolute atomic E-state index is 0.0794. The van der Waals surface area contributed by atoms with Gasteiger partial charge in [0.15, 0.2) is 0 Å². The van der Waals surface area contributed by atoms with E-state index >= 15 is 0 Å². The molecule has 3 nitrogen and oxygen atoms in total. The number of hydrogen-bond donors (Lipinski definition) is 1. The molecule has 2 rings (SSSR count). The fourth-order valence-corrected chi connectivity index (χ4v) is 4.37. The molecule has 180 valence electrons. The van der Waals surface area contributed by atoms with Gasteiger partial charge in [0.1, 0.15) is 0 Å². The van der Waals surface area contributed by atoms with Crippen LogP contribution in [0.4, 0.5) is 26.3 Å². The number of halogens is 6. The summed E-state index contributed by atoms with van der Waals surface area (Å²) in [7, 11) is 0. The number of nitrogens with zero attached hydrogens (tertiary/aromatic N) is 1. The first-order valence-electron chi connectivity index (χ1n) is 10.6. The lowest BCUT2D eigenvalue weighted by molar-refractivity contribution is -0.141. The second-order valence-electron chi connectivity index (χ2n) is 8.67. The topological polar surface area (TPSA) is 40.5 Å². The van der Waals surface area contributed by atoms with E-state index < -0.39 is 42.4 Å². The van der Waals surface area contributed by atoms with Crippen LogP contribution in [0.2, 0.25) is 0 Å². The van der Waals surface area contributed by atoms with Crippen LogP contribution < -0.4 is 0 Å². The summed E-state index contributed by atoms with van der Waals surface area (Å²) in [6, 6.07) is 3.75. The van der Waals surface area contributed by atoms with Crippen molar-refractivity contribution in [3.05, 3.63) is 47.5 Å². The highest BCUT2D eigenvalue weighted by Crippen LogP contribution is 2.40. The SMILES string of the molecule is C=C(C)CC[C@H](CCC(F)(F)F)N1CCC(CC(=O)O)C[C@H]1c1ccc(C(F)(F)F)cc1. The Morgan fingerprint density at radius 1 is 1.16 bits per heavy atom. The molecule has 9 heteroatoms. The zero-order valence-corrected chi connectivity index (χ0v) is 18.0. The molecule has 1 saturated heterocycles. The number of carbonyl (C=O) groups is 1. The van der Waals surface area contributed by atoms with E-state index in [-0.39, 0.29) is 18.8 Å². The lowest BCUT2D eigenvalue weighted by Gasteiger charge is -2.44. The summed E-state index contributed by atoms with van der Waals surface area (Å²) in [6.45, 7) is 6.01. The minimum Gasteiger partial charge on any atom is -0.481 e. The van der Waals surface area contributed by atoms with Crippen molar-refractivity contribution >= 4 is 5.97 Å². The Labute approximate surface area is 184 Å². The van der Waals surface area contributed by atoms with Gasteiger partial charge in [-0.1, -0.05) is 17.7 Å². The van der Waals surface area contributed by atoms with Crippen LogP contribution in [-0.4, -0.2) is 34.7 Å². The summed E-state index contributed by atoms with van der Waals surface area (Å²) in [5.74, 6) is -1.16. The van der Waals surface area contributed by atoms with Gasteiger partial charge in [-0.2, -0.15) is 26.3 Å². The molecule has 3 atom stereocenters. The van der Waals surface area contributed by atoms with Crippen molar-refractivity contribution in [2.45, 2.75) is 76.3 Å². The smallest absolute Gasteiger partial charge is 0.416 e. The Morgan fingerprint density at radius 2 is 1.78 bits per heavy atom. The molecule has 0 radical (unpaired) electrons. The first kappa shape index (κ1) is 26.2. The molecule has 1 aromatic carbocycles. The molecule has 0 amide bonds. The molecule has 0 bridgehead atoms. The van der Waals surface area contributed by atoms with Gasteiger partial charge >= 0.3 is 18.3 Å². The first-order chi connectivity index (χ1) is 14.8. The molecule has 0 spiro atoms. The van der Waals surface area contributed by atoms with E-state index in [9.17, 15) is 31.1 Å². The van der Waals surface area contributed by atoms with E-state index in [0.717, 1.165) is 17.7 Å². The van der Waals surface area contributed by atoms with Crippen LogP contribution >= 0.6 is 0 Å². The number of carboxylic acids is 1. The second-order valence-corrected chi connectivity index (χ2v) is 8.67. The summed E-state index contributed by atoms with van der Waals surface area (Å²) in [6.07, 6.45) is -8.10. The third-order valence-electron chi connectivity index (χ3n) is 5.97. The number of hydrogen-bond acceptors (Lipinski definition) is 2. The van der Waals surface area contributed by atoms with Gasteiger partial charge in [0.05, 0.1) is 5.56 Å². The molecule has 1 aromatic rings. The van der Waals surface area contributed by atoms with Gasteiger partial charge in [-0.3, -0.25) is 9.69 Å². The number of alkyl halides is 6. The number of rotatable bonds is 9. The summed E-state index contributed by atoms with van der Waals surface area (Å²) in [4.78, 5) is 13.1. The molecule has 0 aliphatic carbocycles. The molecule has 0 saturated carbocycles. The van der Waals surface area contributed by atoms with E-state index in [0.29, 0.717) is 37.8 Å². The maximum absolute atomic E-state index is 13.0. The van der Waals surface area contributed by atoms with Crippen LogP contribution in [0, 0.1) is 5.92 Å². The van der Waals surface area contributed by atoms with E-state index in [1.165, 1.54) is 12.1 Å². The average Bonchev–Trinajstić information content (AvgIpc) is 2.66. The summed E-state index contributed by atoms with van der Waals surface area (Å²) in [5.41, 5.74) is 0.593. The van der Waals surface area contributed by atoms with Crippen molar-refractivity contribution in [2.24, 2.45) is 5.92 Å². The lowest BCUT2D eigenvalue weighted by Crippen LogP contribution is -2.44. The zero-order valence-electron chi connectivity index (χ0n) is 18.0. The Hall–Kier alpha value is -2.03. The fourth-order valence-electron chi connectivity index (χ4n) is 4.37.